The largest absolute Gasteiger partial charge is 0.481 e. The highest BCUT2D eigenvalue weighted by Gasteiger charge is 2.16. The van der Waals surface area contributed by atoms with Gasteiger partial charge in [0.15, 0.2) is 11.5 Å². The van der Waals surface area contributed by atoms with Crippen molar-refractivity contribution in [2.45, 2.75) is 13.3 Å². The van der Waals surface area contributed by atoms with Gasteiger partial charge in [-0.3, -0.25) is 4.79 Å². The van der Waals surface area contributed by atoms with Crippen LogP contribution in [0.5, 0.6) is 0 Å². The molecule has 2 aromatic rings. The summed E-state index contributed by atoms with van der Waals surface area (Å²) in [6.07, 6.45) is 0.267. The van der Waals surface area contributed by atoms with E-state index < -0.39 is 11.9 Å². The number of anilines is 1. The highest BCUT2D eigenvalue weighted by molar-refractivity contribution is 5.84. The zero-order valence-electron chi connectivity index (χ0n) is 8.80. The van der Waals surface area contributed by atoms with Gasteiger partial charge >= 0.3 is 5.97 Å². The molecule has 0 fully saturated rings. The predicted octanol–water partition coefficient (Wildman–Crippen LogP) is 1.67. The molecule has 2 rings (SSSR count). The summed E-state index contributed by atoms with van der Waals surface area (Å²) in [5, 5.41) is 8.78. The number of carbonyl (C=O) groups is 1. The molecule has 0 spiro atoms. The number of rotatable bonds is 3. The van der Waals surface area contributed by atoms with Gasteiger partial charge in [0.2, 0.25) is 0 Å². The summed E-state index contributed by atoms with van der Waals surface area (Å²) in [5.41, 5.74) is 7.41. The Labute approximate surface area is 91.9 Å². The smallest absolute Gasteiger partial charge is 0.306 e. The average Bonchev–Trinajstić information content (AvgIpc) is 2.61. The van der Waals surface area contributed by atoms with Gasteiger partial charge < -0.3 is 15.3 Å². The minimum absolute atomic E-state index is 0.267. The second kappa shape index (κ2) is 3.84. The molecule has 0 aliphatic carbocycles. The number of aliphatic carboxylic acids is 1. The van der Waals surface area contributed by atoms with Crippen LogP contribution in [0, 0.1) is 5.92 Å². The van der Waals surface area contributed by atoms with Crippen molar-refractivity contribution in [2.75, 3.05) is 5.73 Å². The number of hydrogen-bond donors (Lipinski definition) is 2. The van der Waals surface area contributed by atoms with E-state index in [0.717, 1.165) is 0 Å². The molecule has 1 unspecified atom stereocenters. The Bertz CT molecular complexity index is 533. The van der Waals surface area contributed by atoms with Gasteiger partial charge in [0, 0.05) is 6.42 Å². The van der Waals surface area contributed by atoms with Gasteiger partial charge in [-0.1, -0.05) is 13.0 Å². The van der Waals surface area contributed by atoms with Crippen LogP contribution in [0.15, 0.2) is 22.6 Å². The second-order valence-electron chi connectivity index (χ2n) is 3.75. The number of nitrogens with zero attached hydrogens (tertiary/aromatic N) is 1. The fourth-order valence-corrected chi connectivity index (χ4v) is 1.45. The molecule has 1 atom stereocenters. The van der Waals surface area contributed by atoms with E-state index in [4.69, 9.17) is 15.3 Å². The number of carboxylic acid groups (broad SMARTS) is 1. The molecule has 5 heteroatoms. The van der Waals surface area contributed by atoms with E-state index in [1.807, 2.05) is 0 Å². The lowest BCUT2D eigenvalue weighted by Crippen LogP contribution is -2.12. The molecule has 1 heterocycles. The van der Waals surface area contributed by atoms with Gasteiger partial charge in [0.05, 0.1) is 11.6 Å². The van der Waals surface area contributed by atoms with E-state index in [0.29, 0.717) is 22.7 Å². The van der Waals surface area contributed by atoms with Gasteiger partial charge in [-0.25, -0.2) is 4.98 Å². The average molecular weight is 220 g/mol. The van der Waals surface area contributed by atoms with Crippen LogP contribution in [0.3, 0.4) is 0 Å². The van der Waals surface area contributed by atoms with Gasteiger partial charge in [-0.2, -0.15) is 0 Å². The predicted molar refractivity (Wildman–Crippen MR) is 58.9 cm³/mol. The molecule has 0 saturated heterocycles. The van der Waals surface area contributed by atoms with Crippen molar-refractivity contribution in [2.24, 2.45) is 5.92 Å². The van der Waals surface area contributed by atoms with E-state index in [1.165, 1.54) is 0 Å². The number of nitrogens with two attached hydrogens (primary N) is 1. The summed E-state index contributed by atoms with van der Waals surface area (Å²) in [6.45, 7) is 1.61. The Morgan fingerprint density at radius 1 is 1.62 bits per heavy atom. The normalized spacial score (nSPS) is 12.8. The number of fused-ring (bicyclic) bond motifs is 1. The molecule has 0 aliphatic rings. The maximum atomic E-state index is 10.7. The molecular weight excluding hydrogens is 208 g/mol. The van der Waals surface area contributed by atoms with E-state index in [1.54, 1.807) is 25.1 Å². The highest BCUT2D eigenvalue weighted by atomic mass is 16.4. The van der Waals surface area contributed by atoms with Crippen molar-refractivity contribution in [3.8, 4) is 0 Å². The quantitative estimate of drug-likeness (QED) is 0.768. The first kappa shape index (κ1) is 10.5. The number of para-hydroxylation sites is 1. The zero-order valence-corrected chi connectivity index (χ0v) is 8.80. The van der Waals surface area contributed by atoms with Crippen molar-refractivity contribution >= 4 is 22.8 Å². The summed E-state index contributed by atoms with van der Waals surface area (Å²) >= 11 is 0. The number of benzene rings is 1. The molecule has 0 aliphatic heterocycles. The molecule has 3 N–H and O–H groups in total. The number of aromatic nitrogens is 1. The molecule has 0 bridgehead atoms. The third-order valence-corrected chi connectivity index (χ3v) is 2.39. The Balaban J connectivity index is 2.33. The fraction of sp³-hybridized carbons (Fsp3) is 0.273. The Hall–Kier alpha value is -2.04. The summed E-state index contributed by atoms with van der Waals surface area (Å²) in [4.78, 5) is 14.9. The minimum Gasteiger partial charge on any atom is -0.481 e. The van der Waals surface area contributed by atoms with Crippen LogP contribution in [0.2, 0.25) is 0 Å². The molecule has 5 nitrogen and oxygen atoms in total. The molecule has 84 valence electrons. The zero-order chi connectivity index (χ0) is 11.7. The number of nitrogen functional groups attached to an aromatic ring is 1. The summed E-state index contributed by atoms with van der Waals surface area (Å²) < 4.78 is 5.42. The Kier molecular flexibility index (Phi) is 2.52. The van der Waals surface area contributed by atoms with E-state index in [2.05, 4.69) is 4.98 Å². The van der Waals surface area contributed by atoms with Gasteiger partial charge in [0.25, 0.3) is 0 Å². The molecule has 0 saturated carbocycles. The standard InChI is InChI=1S/C11H12N2O3/c1-6(11(14)15)5-9-13-8-4-2-3-7(12)10(8)16-9/h2-4,6H,5,12H2,1H3,(H,14,15). The van der Waals surface area contributed by atoms with Crippen LogP contribution in [0.25, 0.3) is 11.1 Å². The third-order valence-electron chi connectivity index (χ3n) is 2.39. The monoisotopic (exact) mass is 220 g/mol. The van der Waals surface area contributed by atoms with Gasteiger partial charge in [-0.05, 0) is 12.1 Å². The Morgan fingerprint density at radius 3 is 3.00 bits per heavy atom. The number of hydrogen-bond acceptors (Lipinski definition) is 4. The Morgan fingerprint density at radius 2 is 2.38 bits per heavy atom. The van der Waals surface area contributed by atoms with Crippen molar-refractivity contribution < 1.29 is 14.3 Å². The first-order chi connectivity index (χ1) is 7.58. The van der Waals surface area contributed by atoms with E-state index in [9.17, 15) is 4.79 Å². The number of carboxylic acids is 1. The molecule has 1 aromatic carbocycles. The third kappa shape index (κ3) is 1.84. The van der Waals surface area contributed by atoms with Crippen molar-refractivity contribution in [3.05, 3.63) is 24.1 Å². The van der Waals surface area contributed by atoms with Crippen molar-refractivity contribution in [1.29, 1.82) is 0 Å². The lowest BCUT2D eigenvalue weighted by atomic mass is 10.1. The second-order valence-corrected chi connectivity index (χ2v) is 3.75. The van der Waals surface area contributed by atoms with Crippen molar-refractivity contribution in [1.82, 2.24) is 4.98 Å². The fourth-order valence-electron chi connectivity index (χ4n) is 1.45. The first-order valence-electron chi connectivity index (χ1n) is 4.94. The van der Waals surface area contributed by atoms with Crippen LogP contribution in [0.4, 0.5) is 5.69 Å². The van der Waals surface area contributed by atoms with E-state index >= 15 is 0 Å². The lowest BCUT2D eigenvalue weighted by molar-refractivity contribution is -0.141. The van der Waals surface area contributed by atoms with Crippen LogP contribution in [-0.4, -0.2) is 16.1 Å². The van der Waals surface area contributed by atoms with Crippen LogP contribution in [-0.2, 0) is 11.2 Å². The summed E-state index contributed by atoms with van der Waals surface area (Å²) in [5.74, 6) is -0.979. The minimum atomic E-state index is -0.866. The molecular formula is C11H12N2O3. The topological polar surface area (TPSA) is 89.4 Å². The molecule has 0 radical (unpaired) electrons. The van der Waals surface area contributed by atoms with E-state index in [-0.39, 0.29) is 6.42 Å². The molecule has 0 amide bonds. The van der Waals surface area contributed by atoms with Crippen LogP contribution >= 0.6 is 0 Å². The van der Waals surface area contributed by atoms with Crippen LogP contribution < -0.4 is 5.73 Å². The van der Waals surface area contributed by atoms with Gasteiger partial charge in [-0.15, -0.1) is 0 Å². The molecule has 1 aromatic heterocycles. The lowest BCUT2D eigenvalue weighted by Gasteiger charge is -2.00. The SMILES string of the molecule is CC(Cc1nc2cccc(N)c2o1)C(=O)O. The first-order valence-corrected chi connectivity index (χ1v) is 4.94. The number of oxazole rings is 1. The molecule has 16 heavy (non-hydrogen) atoms. The van der Waals surface area contributed by atoms with Crippen LogP contribution in [0.1, 0.15) is 12.8 Å². The van der Waals surface area contributed by atoms with Crippen molar-refractivity contribution in [3.63, 3.8) is 0 Å². The maximum Gasteiger partial charge on any atom is 0.306 e. The van der Waals surface area contributed by atoms with Gasteiger partial charge in [0.1, 0.15) is 5.52 Å². The summed E-state index contributed by atoms with van der Waals surface area (Å²) in [7, 11) is 0. The summed E-state index contributed by atoms with van der Waals surface area (Å²) in [6, 6.07) is 5.28. The maximum absolute atomic E-state index is 10.7. The highest BCUT2D eigenvalue weighted by Crippen LogP contribution is 2.22.